The second-order valence-corrected chi connectivity index (χ2v) is 6.58. The van der Waals surface area contributed by atoms with Crippen molar-refractivity contribution in [3.8, 4) is 0 Å². The quantitative estimate of drug-likeness (QED) is 0.686. The maximum absolute atomic E-state index is 3.38. The molecule has 0 aromatic rings. The number of nitrogens with one attached hydrogen (secondary N) is 2. The summed E-state index contributed by atoms with van der Waals surface area (Å²) >= 11 is 0. The molecule has 18 heavy (non-hydrogen) atoms. The Hall–Kier alpha value is -0.0800. The smallest absolute Gasteiger partial charge is 0.00103 e. The largest absolute Gasteiger partial charge is 0.315 e. The average Bonchev–Trinajstić information content (AvgIpc) is 2.15. The van der Waals surface area contributed by atoms with Gasteiger partial charge in [-0.05, 0) is 37.8 Å². The molecule has 0 fully saturated rings. The van der Waals surface area contributed by atoms with Crippen LogP contribution in [0.4, 0.5) is 0 Å². The fourth-order valence-corrected chi connectivity index (χ4v) is 1.32. The summed E-state index contributed by atoms with van der Waals surface area (Å²) in [6.45, 7) is 20.1. The van der Waals surface area contributed by atoms with Crippen molar-refractivity contribution in [1.82, 2.24) is 10.6 Å². The predicted molar refractivity (Wildman–Crippen MR) is 85.2 cm³/mol. The molecule has 0 aliphatic carbocycles. The molecule has 0 saturated heterocycles. The Morgan fingerprint density at radius 1 is 0.556 bits per heavy atom. The monoisotopic (exact) mass is 258 g/mol. The first kappa shape index (κ1) is 20.2. The van der Waals surface area contributed by atoms with E-state index in [-0.39, 0.29) is 0 Å². The maximum atomic E-state index is 3.38. The van der Waals surface area contributed by atoms with Gasteiger partial charge in [-0.25, -0.2) is 0 Å². The first-order valence-electron chi connectivity index (χ1n) is 7.72. The summed E-state index contributed by atoms with van der Waals surface area (Å²) in [7, 11) is 0. The standard InChI is InChI=1S/2C8H19N/c2*1-7(2)5-6-9-8(3)4/h2*7-9H,5-6H2,1-4H3. The van der Waals surface area contributed by atoms with Crippen molar-refractivity contribution >= 4 is 0 Å². The van der Waals surface area contributed by atoms with Gasteiger partial charge < -0.3 is 10.6 Å². The number of hydrogen-bond acceptors (Lipinski definition) is 2. The topological polar surface area (TPSA) is 24.1 Å². The van der Waals surface area contributed by atoms with Crippen molar-refractivity contribution in [2.24, 2.45) is 11.8 Å². The fraction of sp³-hybridized carbons (Fsp3) is 1.00. The minimum absolute atomic E-state index is 0.642. The zero-order valence-electron chi connectivity index (χ0n) is 14.1. The van der Waals surface area contributed by atoms with Crippen molar-refractivity contribution in [1.29, 1.82) is 0 Å². The fourth-order valence-electron chi connectivity index (χ4n) is 1.32. The Balaban J connectivity index is 0. The molecule has 0 heterocycles. The average molecular weight is 258 g/mol. The van der Waals surface area contributed by atoms with E-state index >= 15 is 0 Å². The molecule has 0 aliphatic rings. The first-order valence-corrected chi connectivity index (χ1v) is 7.72. The van der Waals surface area contributed by atoms with Gasteiger partial charge in [0.2, 0.25) is 0 Å². The molecule has 2 N–H and O–H groups in total. The Morgan fingerprint density at radius 2 is 0.833 bits per heavy atom. The van der Waals surface area contributed by atoms with E-state index in [9.17, 15) is 0 Å². The third kappa shape index (κ3) is 24.9. The van der Waals surface area contributed by atoms with Gasteiger partial charge in [0.1, 0.15) is 0 Å². The zero-order chi connectivity index (χ0) is 14.6. The Bertz CT molecular complexity index is 117. The van der Waals surface area contributed by atoms with Crippen molar-refractivity contribution in [3.05, 3.63) is 0 Å². The van der Waals surface area contributed by atoms with Gasteiger partial charge >= 0.3 is 0 Å². The van der Waals surface area contributed by atoms with Gasteiger partial charge in [-0.2, -0.15) is 0 Å². The summed E-state index contributed by atoms with van der Waals surface area (Å²) in [5.74, 6) is 1.66. The van der Waals surface area contributed by atoms with Crippen molar-refractivity contribution < 1.29 is 0 Å². The molecule has 0 radical (unpaired) electrons. The Morgan fingerprint density at radius 3 is 1.00 bits per heavy atom. The minimum atomic E-state index is 0.642. The highest BCUT2D eigenvalue weighted by molar-refractivity contribution is 4.54. The molecule has 0 aliphatic heterocycles. The molecule has 2 nitrogen and oxygen atoms in total. The summed E-state index contributed by atoms with van der Waals surface area (Å²) in [5.41, 5.74) is 0. The molecule has 0 saturated carbocycles. The van der Waals surface area contributed by atoms with Crippen molar-refractivity contribution in [2.45, 2.75) is 80.3 Å². The summed E-state index contributed by atoms with van der Waals surface area (Å²) in [6.07, 6.45) is 2.58. The third-order valence-electron chi connectivity index (χ3n) is 2.55. The molecule has 112 valence electrons. The number of hydrogen-bond donors (Lipinski definition) is 2. The lowest BCUT2D eigenvalue weighted by Gasteiger charge is -2.08. The van der Waals surface area contributed by atoms with E-state index in [1.807, 2.05) is 0 Å². The lowest BCUT2D eigenvalue weighted by Crippen LogP contribution is -2.24. The van der Waals surface area contributed by atoms with Crippen LogP contribution < -0.4 is 10.6 Å². The second-order valence-electron chi connectivity index (χ2n) is 6.58. The molecule has 0 rings (SSSR count). The van der Waals surface area contributed by atoms with E-state index in [1.54, 1.807) is 0 Å². The van der Waals surface area contributed by atoms with Crippen molar-refractivity contribution in [2.75, 3.05) is 13.1 Å². The van der Waals surface area contributed by atoms with Crippen LogP contribution in [-0.4, -0.2) is 25.2 Å². The normalized spacial score (nSPS) is 11.3. The molecule has 0 atom stereocenters. The summed E-state index contributed by atoms with van der Waals surface area (Å²) < 4.78 is 0. The lowest BCUT2D eigenvalue weighted by molar-refractivity contribution is 0.504. The van der Waals surface area contributed by atoms with Gasteiger partial charge in [0.05, 0.1) is 0 Å². The zero-order valence-corrected chi connectivity index (χ0v) is 14.1. The Kier molecular flexibility index (Phi) is 15.0. The van der Waals surface area contributed by atoms with Gasteiger partial charge in [0.15, 0.2) is 0 Å². The Labute approximate surface area is 116 Å². The molecule has 0 spiro atoms. The van der Waals surface area contributed by atoms with E-state index in [4.69, 9.17) is 0 Å². The summed E-state index contributed by atoms with van der Waals surface area (Å²) in [6, 6.07) is 1.28. The molecule has 0 unspecified atom stereocenters. The van der Waals surface area contributed by atoms with Crippen molar-refractivity contribution in [3.63, 3.8) is 0 Å². The van der Waals surface area contributed by atoms with Crippen LogP contribution in [0.2, 0.25) is 0 Å². The molecular weight excluding hydrogens is 220 g/mol. The molecule has 2 heteroatoms. The van der Waals surface area contributed by atoms with Crippen LogP contribution in [0, 0.1) is 11.8 Å². The van der Waals surface area contributed by atoms with E-state index in [1.165, 1.54) is 12.8 Å². The molecule has 0 aromatic heterocycles. The van der Waals surface area contributed by atoms with Crippen LogP contribution >= 0.6 is 0 Å². The van der Waals surface area contributed by atoms with Gasteiger partial charge in [0.25, 0.3) is 0 Å². The first-order chi connectivity index (χ1) is 8.25. The van der Waals surface area contributed by atoms with E-state index in [0.29, 0.717) is 12.1 Å². The van der Waals surface area contributed by atoms with Gasteiger partial charge in [-0.1, -0.05) is 55.4 Å². The highest BCUT2D eigenvalue weighted by atomic mass is 14.9. The van der Waals surface area contributed by atoms with E-state index in [0.717, 1.165) is 24.9 Å². The van der Waals surface area contributed by atoms with Crippen LogP contribution in [0.1, 0.15) is 68.2 Å². The van der Waals surface area contributed by atoms with Crippen LogP contribution in [0.15, 0.2) is 0 Å². The molecule has 0 amide bonds. The van der Waals surface area contributed by atoms with Gasteiger partial charge in [0, 0.05) is 12.1 Å². The highest BCUT2D eigenvalue weighted by Gasteiger charge is 1.94. The second kappa shape index (κ2) is 13.4. The predicted octanol–water partition coefficient (Wildman–Crippen LogP) is 4.06. The molecular formula is C16H38N2. The maximum Gasteiger partial charge on any atom is 0.00103 e. The minimum Gasteiger partial charge on any atom is -0.315 e. The van der Waals surface area contributed by atoms with E-state index in [2.05, 4.69) is 66.0 Å². The molecule has 0 aromatic carbocycles. The van der Waals surface area contributed by atoms with Crippen LogP contribution in [0.25, 0.3) is 0 Å². The third-order valence-corrected chi connectivity index (χ3v) is 2.55. The SMILES string of the molecule is CC(C)CCNC(C)C.CC(C)CCNC(C)C. The summed E-state index contributed by atoms with van der Waals surface area (Å²) in [5, 5.41) is 6.75. The van der Waals surface area contributed by atoms with Crippen LogP contribution in [0.5, 0.6) is 0 Å². The highest BCUT2D eigenvalue weighted by Crippen LogP contribution is 1.97. The van der Waals surface area contributed by atoms with Crippen LogP contribution in [0.3, 0.4) is 0 Å². The number of rotatable bonds is 8. The summed E-state index contributed by atoms with van der Waals surface area (Å²) in [4.78, 5) is 0. The van der Waals surface area contributed by atoms with Crippen LogP contribution in [-0.2, 0) is 0 Å². The van der Waals surface area contributed by atoms with Gasteiger partial charge in [-0.3, -0.25) is 0 Å². The molecule has 0 bridgehead atoms. The lowest BCUT2D eigenvalue weighted by atomic mass is 10.1. The van der Waals surface area contributed by atoms with E-state index < -0.39 is 0 Å². The van der Waals surface area contributed by atoms with Gasteiger partial charge in [-0.15, -0.1) is 0 Å².